The van der Waals surface area contributed by atoms with Gasteiger partial charge >= 0.3 is 0 Å². The number of nitrogens with zero attached hydrogens (tertiary/aromatic N) is 1. The smallest absolute Gasteiger partial charge is 0.251 e. The molecule has 2 aromatic rings. The van der Waals surface area contributed by atoms with Gasteiger partial charge in [0.15, 0.2) is 11.5 Å². The van der Waals surface area contributed by atoms with Crippen molar-refractivity contribution in [3.8, 4) is 11.5 Å². The summed E-state index contributed by atoms with van der Waals surface area (Å²) in [5, 5.41) is 0.880. The van der Waals surface area contributed by atoms with E-state index in [1.54, 1.807) is 11.0 Å². The number of fused-ring (bicyclic) bond motifs is 2. The Morgan fingerprint density at radius 3 is 2.64 bits per heavy atom. The maximum atomic E-state index is 12.3. The number of H-pyrrole nitrogens is 1. The topological polar surface area (TPSA) is 71.6 Å². The minimum Gasteiger partial charge on any atom is -0.486 e. The largest absolute Gasteiger partial charge is 0.486 e. The van der Waals surface area contributed by atoms with Gasteiger partial charge in [0, 0.05) is 37.0 Å². The van der Waals surface area contributed by atoms with E-state index in [0.29, 0.717) is 48.6 Å². The van der Waals surface area contributed by atoms with E-state index in [9.17, 15) is 9.59 Å². The van der Waals surface area contributed by atoms with Crippen molar-refractivity contribution in [1.82, 2.24) is 9.88 Å². The monoisotopic (exact) mass is 344 g/mol. The first-order chi connectivity index (χ1) is 12.1. The number of benzene rings is 1. The van der Waals surface area contributed by atoms with Crippen LogP contribution in [0.2, 0.25) is 0 Å². The van der Waals surface area contributed by atoms with Crippen molar-refractivity contribution in [2.75, 3.05) is 26.8 Å². The van der Waals surface area contributed by atoms with Crippen LogP contribution in [0.4, 0.5) is 0 Å². The first-order valence-electron chi connectivity index (χ1n) is 8.78. The zero-order valence-corrected chi connectivity index (χ0v) is 14.8. The fraction of sp³-hybridized carbons (Fsp3) is 0.474. The van der Waals surface area contributed by atoms with E-state index in [1.807, 2.05) is 19.2 Å². The third-order valence-electron chi connectivity index (χ3n) is 4.46. The number of unbranched alkanes of at least 4 members (excludes halogenated alkanes) is 1. The molecule has 1 N–H and O–H groups in total. The van der Waals surface area contributed by atoms with E-state index < -0.39 is 0 Å². The van der Waals surface area contributed by atoms with E-state index in [0.717, 1.165) is 24.8 Å². The Kier molecular flexibility index (Phi) is 5.26. The quantitative estimate of drug-likeness (QED) is 0.874. The maximum Gasteiger partial charge on any atom is 0.251 e. The number of hydrogen-bond donors (Lipinski definition) is 1. The van der Waals surface area contributed by atoms with Gasteiger partial charge in [-0.2, -0.15) is 0 Å². The molecule has 1 amide bonds. The second kappa shape index (κ2) is 7.59. The number of pyridine rings is 1. The van der Waals surface area contributed by atoms with E-state index in [4.69, 9.17) is 9.47 Å². The van der Waals surface area contributed by atoms with Gasteiger partial charge in [-0.3, -0.25) is 9.59 Å². The van der Waals surface area contributed by atoms with Crippen LogP contribution in [0.1, 0.15) is 31.7 Å². The number of amides is 1. The van der Waals surface area contributed by atoms with Crippen molar-refractivity contribution in [3.63, 3.8) is 0 Å². The van der Waals surface area contributed by atoms with E-state index in [2.05, 4.69) is 11.9 Å². The van der Waals surface area contributed by atoms with Gasteiger partial charge in [-0.05, 0) is 25.0 Å². The molecule has 134 valence electrons. The molecule has 0 fully saturated rings. The molecule has 0 spiro atoms. The summed E-state index contributed by atoms with van der Waals surface area (Å²) in [6.45, 7) is 3.88. The lowest BCUT2D eigenvalue weighted by Gasteiger charge is -2.19. The van der Waals surface area contributed by atoms with Crippen molar-refractivity contribution in [2.24, 2.45) is 0 Å². The standard InChI is InChI=1S/C19H24N2O4/c1-3-4-7-21(2)18(22)6-5-13-10-14-11-16-17(25-9-8-24-16)12-15(14)20-19(13)23/h10-12H,3-9H2,1-2H3,(H,20,23). The van der Waals surface area contributed by atoms with Gasteiger partial charge in [0.2, 0.25) is 5.91 Å². The summed E-state index contributed by atoms with van der Waals surface area (Å²) in [6.07, 6.45) is 2.80. The molecule has 0 radical (unpaired) electrons. The lowest BCUT2D eigenvalue weighted by Crippen LogP contribution is -2.28. The van der Waals surface area contributed by atoms with Gasteiger partial charge in [-0.15, -0.1) is 0 Å². The molecule has 1 aromatic heterocycles. The summed E-state index contributed by atoms with van der Waals surface area (Å²) >= 11 is 0. The molecule has 0 saturated heterocycles. The van der Waals surface area contributed by atoms with Crippen LogP contribution in [-0.2, 0) is 11.2 Å². The van der Waals surface area contributed by atoms with Crippen molar-refractivity contribution < 1.29 is 14.3 Å². The third-order valence-corrected chi connectivity index (χ3v) is 4.46. The summed E-state index contributed by atoms with van der Waals surface area (Å²) in [4.78, 5) is 29.1. The molecule has 1 aliphatic rings. The highest BCUT2D eigenvalue weighted by atomic mass is 16.6. The lowest BCUT2D eigenvalue weighted by molar-refractivity contribution is -0.129. The van der Waals surface area contributed by atoms with E-state index in [1.165, 1.54) is 0 Å². The Bertz CT molecular complexity index is 828. The van der Waals surface area contributed by atoms with E-state index in [-0.39, 0.29) is 11.5 Å². The van der Waals surface area contributed by atoms with Crippen LogP contribution in [0, 0.1) is 0 Å². The van der Waals surface area contributed by atoms with Crippen LogP contribution in [0.15, 0.2) is 23.0 Å². The summed E-state index contributed by atoms with van der Waals surface area (Å²) in [7, 11) is 1.81. The molecule has 0 aliphatic carbocycles. The molecular weight excluding hydrogens is 320 g/mol. The number of aromatic nitrogens is 1. The molecule has 0 bridgehead atoms. The fourth-order valence-electron chi connectivity index (χ4n) is 2.93. The second-order valence-corrected chi connectivity index (χ2v) is 6.38. The van der Waals surface area contributed by atoms with Gasteiger partial charge in [0.05, 0.1) is 5.52 Å². The minimum absolute atomic E-state index is 0.0649. The molecule has 1 aromatic carbocycles. The van der Waals surface area contributed by atoms with Crippen molar-refractivity contribution in [2.45, 2.75) is 32.6 Å². The normalized spacial score (nSPS) is 13.0. The minimum atomic E-state index is -0.159. The van der Waals surface area contributed by atoms with Crippen molar-refractivity contribution >= 4 is 16.8 Å². The maximum absolute atomic E-state index is 12.3. The summed E-state index contributed by atoms with van der Waals surface area (Å²) in [5.74, 6) is 1.40. The Morgan fingerprint density at radius 1 is 1.20 bits per heavy atom. The molecule has 2 heterocycles. The van der Waals surface area contributed by atoms with Crippen LogP contribution >= 0.6 is 0 Å². The molecule has 1 aliphatic heterocycles. The molecule has 0 saturated carbocycles. The average molecular weight is 344 g/mol. The summed E-state index contributed by atoms with van der Waals surface area (Å²) < 4.78 is 11.1. The summed E-state index contributed by atoms with van der Waals surface area (Å²) in [6, 6.07) is 5.50. The fourth-order valence-corrected chi connectivity index (χ4v) is 2.93. The van der Waals surface area contributed by atoms with Crippen LogP contribution in [0.5, 0.6) is 11.5 Å². The molecule has 0 unspecified atom stereocenters. The Hall–Kier alpha value is -2.50. The number of rotatable bonds is 6. The number of hydrogen-bond acceptors (Lipinski definition) is 4. The number of carbonyl (C=O) groups is 1. The molecule has 25 heavy (non-hydrogen) atoms. The molecule has 3 rings (SSSR count). The average Bonchev–Trinajstić information content (AvgIpc) is 2.62. The van der Waals surface area contributed by atoms with E-state index >= 15 is 0 Å². The van der Waals surface area contributed by atoms with Gasteiger partial charge in [-0.1, -0.05) is 13.3 Å². The number of aryl methyl sites for hydroxylation is 1. The predicted octanol–water partition coefficient (Wildman–Crippen LogP) is 2.49. The number of carbonyl (C=O) groups excluding carboxylic acids is 1. The van der Waals surface area contributed by atoms with Gasteiger partial charge < -0.3 is 19.4 Å². The molecule has 6 nitrogen and oxygen atoms in total. The predicted molar refractivity (Wildman–Crippen MR) is 96.4 cm³/mol. The Labute approximate surface area is 146 Å². The zero-order valence-electron chi connectivity index (χ0n) is 14.8. The molecular formula is C19H24N2O4. The Morgan fingerprint density at radius 2 is 1.92 bits per heavy atom. The number of aromatic amines is 1. The highest BCUT2D eigenvalue weighted by Gasteiger charge is 2.15. The SMILES string of the molecule is CCCCN(C)C(=O)CCc1cc2cc3c(cc2[nH]c1=O)OCCO3. The zero-order chi connectivity index (χ0) is 17.8. The first-order valence-corrected chi connectivity index (χ1v) is 8.78. The van der Waals surface area contributed by atoms with Crippen molar-refractivity contribution in [1.29, 1.82) is 0 Å². The van der Waals surface area contributed by atoms with Crippen LogP contribution in [0.25, 0.3) is 10.9 Å². The molecule has 0 atom stereocenters. The van der Waals surface area contributed by atoms with Gasteiger partial charge in [0.1, 0.15) is 13.2 Å². The lowest BCUT2D eigenvalue weighted by atomic mass is 10.1. The summed E-state index contributed by atoms with van der Waals surface area (Å²) in [5.41, 5.74) is 1.17. The number of ether oxygens (including phenoxy) is 2. The number of nitrogens with one attached hydrogen (secondary N) is 1. The van der Waals surface area contributed by atoms with Crippen LogP contribution < -0.4 is 15.0 Å². The van der Waals surface area contributed by atoms with Gasteiger partial charge in [-0.25, -0.2) is 0 Å². The Balaban J connectivity index is 1.76. The third kappa shape index (κ3) is 3.95. The van der Waals surface area contributed by atoms with Crippen molar-refractivity contribution in [3.05, 3.63) is 34.1 Å². The highest BCUT2D eigenvalue weighted by molar-refractivity contribution is 5.83. The van der Waals surface area contributed by atoms with Gasteiger partial charge in [0.25, 0.3) is 5.56 Å². The van der Waals surface area contributed by atoms with Crippen LogP contribution in [-0.4, -0.2) is 42.6 Å². The highest BCUT2D eigenvalue weighted by Crippen LogP contribution is 2.33. The first kappa shape index (κ1) is 17.3. The van der Waals surface area contributed by atoms with Crippen LogP contribution in [0.3, 0.4) is 0 Å². The second-order valence-electron chi connectivity index (χ2n) is 6.38. The molecule has 6 heteroatoms.